The van der Waals surface area contributed by atoms with E-state index >= 15 is 0 Å². The second-order valence-corrected chi connectivity index (χ2v) is 5.92. The molecule has 0 saturated carbocycles. The first-order chi connectivity index (χ1) is 12.4. The Labute approximate surface area is 151 Å². The Balaban J connectivity index is 1.81. The normalized spacial score (nSPS) is 12.1. The minimum absolute atomic E-state index is 0.0227. The molecule has 0 spiro atoms. The minimum atomic E-state index is -4.45. The number of aliphatic imine (C=N–C) groups is 1. The number of halogens is 3. The van der Waals surface area contributed by atoms with Gasteiger partial charge in [0.25, 0.3) is 5.91 Å². The number of alkyl halides is 3. The molecular weight excluding hydrogens is 371 g/mol. The fourth-order valence-electron chi connectivity index (χ4n) is 1.85. The van der Waals surface area contributed by atoms with Crippen LogP contribution in [0, 0.1) is 0 Å². The Hall–Kier alpha value is -2.56. The van der Waals surface area contributed by atoms with Crippen LogP contribution < -0.4 is 16.0 Å². The van der Waals surface area contributed by atoms with Gasteiger partial charge in [0.05, 0.1) is 12.8 Å². The number of carbonyl (C=O) groups excluding carboxylic acids is 1. The van der Waals surface area contributed by atoms with Crippen molar-refractivity contribution in [3.8, 4) is 0 Å². The van der Waals surface area contributed by atoms with E-state index in [4.69, 9.17) is 4.42 Å². The van der Waals surface area contributed by atoms with Crippen molar-refractivity contribution in [2.45, 2.75) is 19.6 Å². The molecule has 0 aliphatic heterocycles. The maximum Gasteiger partial charge on any atom is 0.434 e. The van der Waals surface area contributed by atoms with Crippen LogP contribution in [0.15, 0.2) is 33.2 Å². The highest BCUT2D eigenvalue weighted by Crippen LogP contribution is 2.30. The molecule has 0 bridgehead atoms. The molecule has 0 atom stereocenters. The molecular formula is C15H18F3N5O2S. The first kappa shape index (κ1) is 19.8. The lowest BCUT2D eigenvalue weighted by Gasteiger charge is -2.11. The molecule has 7 nitrogen and oxygen atoms in total. The number of nitrogens with zero attached hydrogens (tertiary/aromatic N) is 2. The molecule has 2 rings (SSSR count). The van der Waals surface area contributed by atoms with Gasteiger partial charge in [-0.1, -0.05) is 0 Å². The third-order valence-electron chi connectivity index (χ3n) is 3.01. The molecule has 0 unspecified atom stereocenters. The minimum Gasteiger partial charge on any atom is -0.459 e. The smallest absolute Gasteiger partial charge is 0.434 e. The zero-order valence-electron chi connectivity index (χ0n) is 13.9. The van der Waals surface area contributed by atoms with Crippen LogP contribution in [0.25, 0.3) is 0 Å². The number of aromatic nitrogens is 1. The molecule has 0 fully saturated rings. The number of furan rings is 1. The monoisotopic (exact) mass is 389 g/mol. The van der Waals surface area contributed by atoms with Crippen molar-refractivity contribution in [2.24, 2.45) is 4.99 Å². The predicted molar refractivity (Wildman–Crippen MR) is 91.0 cm³/mol. The van der Waals surface area contributed by atoms with Gasteiger partial charge in [0.1, 0.15) is 5.01 Å². The number of amides is 1. The number of carbonyl (C=O) groups is 1. The molecule has 2 aromatic rings. The molecule has 11 heteroatoms. The van der Waals surface area contributed by atoms with Gasteiger partial charge in [-0.15, -0.1) is 11.3 Å². The molecule has 3 N–H and O–H groups in total. The van der Waals surface area contributed by atoms with Gasteiger partial charge < -0.3 is 20.4 Å². The largest absolute Gasteiger partial charge is 0.459 e. The number of nitrogens with one attached hydrogen (secondary N) is 3. The Morgan fingerprint density at radius 2 is 2.08 bits per heavy atom. The van der Waals surface area contributed by atoms with Gasteiger partial charge in [-0.25, -0.2) is 9.98 Å². The van der Waals surface area contributed by atoms with E-state index in [1.54, 1.807) is 12.1 Å². The molecule has 2 aromatic heterocycles. The van der Waals surface area contributed by atoms with Crippen LogP contribution in [-0.4, -0.2) is 36.5 Å². The van der Waals surface area contributed by atoms with Gasteiger partial charge >= 0.3 is 6.18 Å². The zero-order chi connectivity index (χ0) is 19.0. The maximum atomic E-state index is 12.5. The van der Waals surface area contributed by atoms with Crippen LogP contribution >= 0.6 is 11.3 Å². The number of rotatable bonds is 7. The van der Waals surface area contributed by atoms with Crippen LogP contribution in [0.1, 0.15) is 28.2 Å². The predicted octanol–water partition coefficient (Wildman–Crippen LogP) is 2.24. The Morgan fingerprint density at radius 3 is 2.69 bits per heavy atom. The summed E-state index contributed by atoms with van der Waals surface area (Å²) in [6.07, 6.45) is -3.04. The van der Waals surface area contributed by atoms with Gasteiger partial charge in [-0.05, 0) is 19.1 Å². The lowest BCUT2D eigenvalue weighted by atomic mass is 10.4. The van der Waals surface area contributed by atoms with E-state index < -0.39 is 11.9 Å². The van der Waals surface area contributed by atoms with Gasteiger partial charge in [-0.3, -0.25) is 4.79 Å². The zero-order valence-corrected chi connectivity index (χ0v) is 14.7. The van der Waals surface area contributed by atoms with Gasteiger partial charge in [0.15, 0.2) is 17.4 Å². The highest BCUT2D eigenvalue weighted by atomic mass is 32.1. The summed E-state index contributed by atoms with van der Waals surface area (Å²) in [6, 6.07) is 3.17. The van der Waals surface area contributed by atoms with Crippen molar-refractivity contribution in [2.75, 3.05) is 19.6 Å². The van der Waals surface area contributed by atoms with E-state index in [9.17, 15) is 18.0 Å². The summed E-state index contributed by atoms with van der Waals surface area (Å²) in [4.78, 5) is 19.4. The van der Waals surface area contributed by atoms with Crippen LogP contribution in [0.3, 0.4) is 0 Å². The number of hydrogen-bond donors (Lipinski definition) is 3. The summed E-state index contributed by atoms with van der Waals surface area (Å²) < 4.78 is 42.6. The third-order valence-corrected chi connectivity index (χ3v) is 3.84. The Kier molecular flexibility index (Phi) is 7.01. The van der Waals surface area contributed by atoms with Crippen molar-refractivity contribution in [3.63, 3.8) is 0 Å². The van der Waals surface area contributed by atoms with Gasteiger partial charge in [0, 0.05) is 25.0 Å². The molecule has 0 aliphatic carbocycles. The topological polar surface area (TPSA) is 91.5 Å². The fraction of sp³-hybridized carbons (Fsp3) is 0.400. The van der Waals surface area contributed by atoms with Crippen molar-refractivity contribution in [1.82, 2.24) is 20.9 Å². The van der Waals surface area contributed by atoms with E-state index in [-0.39, 0.29) is 23.2 Å². The van der Waals surface area contributed by atoms with E-state index in [0.29, 0.717) is 25.6 Å². The van der Waals surface area contributed by atoms with Crippen LogP contribution in [-0.2, 0) is 12.7 Å². The second kappa shape index (κ2) is 9.22. The Bertz CT molecular complexity index is 728. The highest BCUT2D eigenvalue weighted by Gasteiger charge is 2.33. The average Bonchev–Trinajstić information content (AvgIpc) is 3.27. The number of guanidine groups is 1. The van der Waals surface area contributed by atoms with E-state index in [1.807, 2.05) is 6.92 Å². The first-order valence-electron chi connectivity index (χ1n) is 7.75. The summed E-state index contributed by atoms with van der Waals surface area (Å²) in [6.45, 7) is 3.16. The molecule has 1 amide bonds. The fourth-order valence-corrected chi connectivity index (χ4v) is 2.58. The lowest BCUT2D eigenvalue weighted by molar-refractivity contribution is -0.140. The van der Waals surface area contributed by atoms with E-state index in [1.165, 1.54) is 6.26 Å². The molecule has 26 heavy (non-hydrogen) atoms. The summed E-state index contributed by atoms with van der Waals surface area (Å²) in [5, 5.41) is 9.84. The van der Waals surface area contributed by atoms with Crippen molar-refractivity contribution in [3.05, 3.63) is 40.2 Å². The standard InChI is InChI=1S/C15H18F3N5O2S/c1-2-19-14(21-6-5-20-13(24)10-4-3-7-25-10)22-8-12-23-11(9-26-12)15(16,17)18/h3-4,7,9H,2,5-6,8H2,1H3,(H,20,24)(H2,19,21,22). The summed E-state index contributed by atoms with van der Waals surface area (Å²) >= 11 is 0.906. The third kappa shape index (κ3) is 6.06. The SMILES string of the molecule is CCNC(=NCc1nc(C(F)(F)F)cs1)NCCNC(=O)c1ccco1. The van der Waals surface area contributed by atoms with Crippen LogP contribution in [0.4, 0.5) is 13.2 Å². The lowest BCUT2D eigenvalue weighted by Crippen LogP contribution is -2.41. The maximum absolute atomic E-state index is 12.5. The molecule has 0 saturated heterocycles. The molecule has 0 aromatic carbocycles. The molecule has 0 aliphatic rings. The van der Waals surface area contributed by atoms with Crippen molar-refractivity contribution < 1.29 is 22.4 Å². The molecule has 142 valence electrons. The van der Waals surface area contributed by atoms with Crippen molar-refractivity contribution >= 4 is 23.2 Å². The first-order valence-corrected chi connectivity index (χ1v) is 8.63. The van der Waals surface area contributed by atoms with Crippen molar-refractivity contribution in [1.29, 1.82) is 0 Å². The average molecular weight is 389 g/mol. The Morgan fingerprint density at radius 1 is 1.31 bits per heavy atom. The highest BCUT2D eigenvalue weighted by molar-refractivity contribution is 7.09. The van der Waals surface area contributed by atoms with Crippen LogP contribution in [0.5, 0.6) is 0 Å². The summed E-state index contributed by atoms with van der Waals surface area (Å²) in [5.41, 5.74) is -0.911. The molecule has 2 heterocycles. The van der Waals surface area contributed by atoms with E-state index in [2.05, 4.69) is 25.9 Å². The second-order valence-electron chi connectivity index (χ2n) is 4.98. The quantitative estimate of drug-likeness (QED) is 0.384. The van der Waals surface area contributed by atoms with Gasteiger partial charge in [-0.2, -0.15) is 13.2 Å². The number of hydrogen-bond acceptors (Lipinski definition) is 5. The van der Waals surface area contributed by atoms with Gasteiger partial charge in [0.2, 0.25) is 0 Å². The summed E-state index contributed by atoms with van der Waals surface area (Å²) in [5.74, 6) is 0.305. The van der Waals surface area contributed by atoms with E-state index in [0.717, 1.165) is 16.7 Å². The van der Waals surface area contributed by atoms with Crippen LogP contribution in [0.2, 0.25) is 0 Å². The summed E-state index contributed by atoms with van der Waals surface area (Å²) in [7, 11) is 0. The number of thiazole rings is 1. The molecule has 0 radical (unpaired) electrons.